The zero-order chi connectivity index (χ0) is 15.2. The summed E-state index contributed by atoms with van der Waals surface area (Å²) in [6, 6.07) is 7.66. The number of aliphatic carboxylic acids is 1. The number of rotatable bonds is 6. The third-order valence-corrected chi connectivity index (χ3v) is 3.95. The van der Waals surface area contributed by atoms with Gasteiger partial charge in [0.1, 0.15) is 5.75 Å². The smallest absolute Gasteiger partial charge is 0.306 e. The van der Waals surface area contributed by atoms with Crippen LogP contribution in [-0.2, 0) is 16.0 Å². The van der Waals surface area contributed by atoms with Crippen molar-refractivity contribution in [2.45, 2.75) is 38.1 Å². The molecule has 0 saturated heterocycles. The van der Waals surface area contributed by atoms with Crippen LogP contribution in [-0.4, -0.2) is 30.1 Å². The highest BCUT2D eigenvalue weighted by molar-refractivity contribution is 5.77. The average molecular weight is 291 g/mol. The van der Waals surface area contributed by atoms with Crippen LogP contribution in [0.25, 0.3) is 0 Å². The predicted octanol–water partition coefficient (Wildman–Crippen LogP) is 2.00. The molecule has 0 aliphatic heterocycles. The van der Waals surface area contributed by atoms with Gasteiger partial charge >= 0.3 is 5.97 Å². The Morgan fingerprint density at radius 3 is 2.57 bits per heavy atom. The van der Waals surface area contributed by atoms with Gasteiger partial charge in [0, 0.05) is 12.5 Å². The molecule has 0 bridgehead atoms. The molecule has 0 spiro atoms. The number of carboxylic acid groups (broad SMARTS) is 1. The van der Waals surface area contributed by atoms with Crippen molar-refractivity contribution in [3.63, 3.8) is 0 Å². The molecule has 0 heterocycles. The standard InChI is InChI=1S/C16H21NO4/c1-21-14-7-2-11(3-8-14)4-9-15(18)17-13-6-5-12(10-13)16(19)20/h2-3,7-8,12-13H,4-6,9-10H2,1H3,(H,17,18)(H,19,20)/t12-,13+/m1/s1. The minimum Gasteiger partial charge on any atom is -0.497 e. The molecule has 1 fully saturated rings. The topological polar surface area (TPSA) is 75.6 Å². The Hall–Kier alpha value is -2.04. The monoisotopic (exact) mass is 291 g/mol. The number of ether oxygens (including phenoxy) is 1. The summed E-state index contributed by atoms with van der Waals surface area (Å²) in [6.45, 7) is 0. The molecule has 2 N–H and O–H groups in total. The summed E-state index contributed by atoms with van der Waals surface area (Å²) in [4.78, 5) is 22.8. The van der Waals surface area contributed by atoms with E-state index >= 15 is 0 Å². The second kappa shape index (κ2) is 7.11. The second-order valence-corrected chi connectivity index (χ2v) is 5.46. The lowest BCUT2D eigenvalue weighted by Crippen LogP contribution is -2.33. The SMILES string of the molecule is COc1ccc(CCC(=O)N[C@H]2CC[C@@H](C(=O)O)C2)cc1. The van der Waals surface area contributed by atoms with Crippen LogP contribution in [0.1, 0.15) is 31.2 Å². The maximum atomic E-state index is 11.9. The number of hydrogen-bond acceptors (Lipinski definition) is 3. The summed E-state index contributed by atoms with van der Waals surface area (Å²) in [5, 5.41) is 11.9. The van der Waals surface area contributed by atoms with Crippen LogP contribution >= 0.6 is 0 Å². The fraction of sp³-hybridized carbons (Fsp3) is 0.500. The number of nitrogens with one attached hydrogen (secondary N) is 1. The van der Waals surface area contributed by atoms with E-state index in [2.05, 4.69) is 5.32 Å². The zero-order valence-corrected chi connectivity index (χ0v) is 12.2. The molecule has 0 radical (unpaired) electrons. The number of methoxy groups -OCH3 is 1. The first-order chi connectivity index (χ1) is 10.1. The summed E-state index contributed by atoms with van der Waals surface area (Å²) in [6.07, 6.45) is 3.04. The number of aryl methyl sites for hydroxylation is 1. The summed E-state index contributed by atoms with van der Waals surface area (Å²) < 4.78 is 5.09. The Kier molecular flexibility index (Phi) is 5.20. The second-order valence-electron chi connectivity index (χ2n) is 5.46. The van der Waals surface area contributed by atoms with Gasteiger partial charge in [-0.3, -0.25) is 9.59 Å². The van der Waals surface area contributed by atoms with Gasteiger partial charge in [-0.15, -0.1) is 0 Å². The number of carbonyl (C=O) groups is 2. The first kappa shape index (κ1) is 15.4. The van der Waals surface area contributed by atoms with Gasteiger partial charge in [-0.25, -0.2) is 0 Å². The van der Waals surface area contributed by atoms with E-state index in [0.29, 0.717) is 25.7 Å². The summed E-state index contributed by atoms with van der Waals surface area (Å²) in [5.74, 6) is -0.280. The minimum absolute atomic E-state index is 0.00877. The van der Waals surface area contributed by atoms with E-state index in [1.54, 1.807) is 7.11 Å². The molecule has 1 saturated carbocycles. The Balaban J connectivity index is 1.73. The molecular formula is C16H21NO4. The maximum Gasteiger partial charge on any atom is 0.306 e. The molecule has 114 valence electrons. The molecule has 2 atom stereocenters. The third kappa shape index (κ3) is 4.48. The van der Waals surface area contributed by atoms with Gasteiger partial charge in [0.2, 0.25) is 5.91 Å². The molecule has 1 amide bonds. The van der Waals surface area contributed by atoms with Crippen LogP contribution < -0.4 is 10.1 Å². The Morgan fingerprint density at radius 1 is 1.29 bits per heavy atom. The quantitative estimate of drug-likeness (QED) is 0.840. The van der Waals surface area contributed by atoms with Crippen molar-refractivity contribution in [1.82, 2.24) is 5.32 Å². The van der Waals surface area contributed by atoms with E-state index in [-0.39, 0.29) is 17.9 Å². The van der Waals surface area contributed by atoms with E-state index in [0.717, 1.165) is 17.7 Å². The van der Waals surface area contributed by atoms with Gasteiger partial charge in [-0.05, 0) is 43.4 Å². The molecule has 2 rings (SSSR count). The molecule has 1 aromatic rings. The molecular weight excluding hydrogens is 270 g/mol. The van der Waals surface area contributed by atoms with Crippen LogP contribution in [0.3, 0.4) is 0 Å². The van der Waals surface area contributed by atoms with Crippen molar-refractivity contribution in [2.75, 3.05) is 7.11 Å². The molecule has 0 unspecified atom stereocenters. The van der Waals surface area contributed by atoms with Crippen molar-refractivity contribution >= 4 is 11.9 Å². The highest BCUT2D eigenvalue weighted by Crippen LogP contribution is 2.25. The molecule has 0 aromatic heterocycles. The Morgan fingerprint density at radius 2 is 2.00 bits per heavy atom. The number of carboxylic acids is 1. The summed E-state index contributed by atoms with van der Waals surface area (Å²) in [5.41, 5.74) is 1.08. The van der Waals surface area contributed by atoms with E-state index in [1.807, 2.05) is 24.3 Å². The van der Waals surface area contributed by atoms with Gasteiger partial charge in [0.15, 0.2) is 0 Å². The molecule has 1 aromatic carbocycles. The average Bonchev–Trinajstić information content (AvgIpc) is 2.94. The number of carbonyl (C=O) groups excluding carboxylic acids is 1. The normalized spacial score (nSPS) is 21.0. The molecule has 5 heteroatoms. The van der Waals surface area contributed by atoms with E-state index in [4.69, 9.17) is 9.84 Å². The summed E-state index contributed by atoms with van der Waals surface area (Å²) in [7, 11) is 1.62. The lowest BCUT2D eigenvalue weighted by molar-refractivity contribution is -0.141. The van der Waals surface area contributed by atoms with Gasteiger partial charge in [-0.2, -0.15) is 0 Å². The van der Waals surface area contributed by atoms with Crippen LogP contribution in [0.2, 0.25) is 0 Å². The highest BCUT2D eigenvalue weighted by atomic mass is 16.5. The molecule has 1 aliphatic rings. The number of hydrogen-bond donors (Lipinski definition) is 2. The van der Waals surface area contributed by atoms with E-state index in [1.165, 1.54) is 0 Å². The number of amides is 1. The van der Waals surface area contributed by atoms with Crippen molar-refractivity contribution in [3.05, 3.63) is 29.8 Å². The van der Waals surface area contributed by atoms with Crippen LogP contribution in [0.15, 0.2) is 24.3 Å². The van der Waals surface area contributed by atoms with Crippen LogP contribution in [0, 0.1) is 5.92 Å². The first-order valence-corrected chi connectivity index (χ1v) is 7.23. The van der Waals surface area contributed by atoms with Gasteiger partial charge in [-0.1, -0.05) is 12.1 Å². The fourth-order valence-electron chi connectivity index (χ4n) is 2.69. The van der Waals surface area contributed by atoms with E-state index in [9.17, 15) is 9.59 Å². The maximum absolute atomic E-state index is 11.9. The zero-order valence-electron chi connectivity index (χ0n) is 12.2. The Bertz CT molecular complexity index is 498. The molecule has 1 aliphatic carbocycles. The van der Waals surface area contributed by atoms with Crippen LogP contribution in [0.5, 0.6) is 5.75 Å². The largest absolute Gasteiger partial charge is 0.497 e. The van der Waals surface area contributed by atoms with Crippen molar-refractivity contribution in [3.8, 4) is 5.75 Å². The summed E-state index contributed by atoms with van der Waals surface area (Å²) >= 11 is 0. The Labute approximate surface area is 124 Å². The fourth-order valence-corrected chi connectivity index (χ4v) is 2.69. The first-order valence-electron chi connectivity index (χ1n) is 7.23. The lowest BCUT2D eigenvalue weighted by atomic mass is 10.1. The molecule has 5 nitrogen and oxygen atoms in total. The van der Waals surface area contributed by atoms with Gasteiger partial charge in [0.05, 0.1) is 13.0 Å². The predicted molar refractivity (Wildman–Crippen MR) is 78.2 cm³/mol. The van der Waals surface area contributed by atoms with E-state index < -0.39 is 5.97 Å². The third-order valence-electron chi connectivity index (χ3n) is 3.95. The molecule has 21 heavy (non-hydrogen) atoms. The van der Waals surface area contributed by atoms with Gasteiger partial charge in [0.25, 0.3) is 0 Å². The van der Waals surface area contributed by atoms with Crippen molar-refractivity contribution in [1.29, 1.82) is 0 Å². The lowest BCUT2D eigenvalue weighted by Gasteiger charge is -2.12. The van der Waals surface area contributed by atoms with Crippen LogP contribution in [0.4, 0.5) is 0 Å². The minimum atomic E-state index is -0.759. The number of benzene rings is 1. The van der Waals surface area contributed by atoms with Crippen molar-refractivity contribution < 1.29 is 19.4 Å². The van der Waals surface area contributed by atoms with Gasteiger partial charge < -0.3 is 15.2 Å². The highest BCUT2D eigenvalue weighted by Gasteiger charge is 2.30. The van der Waals surface area contributed by atoms with Crippen molar-refractivity contribution in [2.24, 2.45) is 5.92 Å².